The van der Waals surface area contributed by atoms with E-state index in [4.69, 9.17) is 4.74 Å². The second-order valence-corrected chi connectivity index (χ2v) is 9.31. The van der Waals surface area contributed by atoms with Crippen molar-refractivity contribution < 1.29 is 19.7 Å². The summed E-state index contributed by atoms with van der Waals surface area (Å²) < 4.78 is 6.07. The number of para-hydroxylation sites is 1. The fraction of sp³-hybridized carbons (Fsp3) is 0.300. The molecule has 1 saturated heterocycles. The quantitative estimate of drug-likeness (QED) is 0.424. The van der Waals surface area contributed by atoms with Gasteiger partial charge in [0.1, 0.15) is 11.5 Å². The summed E-state index contributed by atoms with van der Waals surface area (Å²) >= 11 is 0. The topological polar surface area (TPSA) is 70.0 Å². The third kappa shape index (κ3) is 5.16. The Kier molecular flexibility index (Phi) is 6.98. The van der Waals surface area contributed by atoms with Crippen molar-refractivity contribution in [3.63, 3.8) is 0 Å². The molecule has 1 atom stereocenters. The van der Waals surface area contributed by atoms with E-state index in [9.17, 15) is 15.0 Å². The van der Waals surface area contributed by atoms with Crippen molar-refractivity contribution in [2.24, 2.45) is 0 Å². The molecule has 5 heteroatoms. The van der Waals surface area contributed by atoms with Gasteiger partial charge in [-0.05, 0) is 73.0 Å². The second kappa shape index (κ2) is 10.5. The number of likely N-dealkylation sites (tertiary alicyclic amines) is 1. The van der Waals surface area contributed by atoms with Gasteiger partial charge >= 0.3 is 0 Å². The molecular weight excluding hydrogens is 438 g/mol. The van der Waals surface area contributed by atoms with E-state index in [1.54, 1.807) is 30.3 Å². The maximum Gasteiger partial charge on any atom is 0.193 e. The van der Waals surface area contributed by atoms with Crippen molar-refractivity contribution in [2.75, 3.05) is 26.2 Å². The first-order valence-electron chi connectivity index (χ1n) is 12.4. The summed E-state index contributed by atoms with van der Waals surface area (Å²) in [4.78, 5) is 16.3. The van der Waals surface area contributed by atoms with Gasteiger partial charge in [0.05, 0.1) is 12.7 Å². The van der Waals surface area contributed by atoms with Crippen molar-refractivity contribution in [1.82, 2.24) is 4.90 Å². The SMILES string of the molecule is O=C(C1=CCC(OCCN2CCCCC2)C=C1)c1c(-c2ccccc2O)ccc2cc(O)ccc12. The van der Waals surface area contributed by atoms with Gasteiger partial charge in [0.25, 0.3) is 0 Å². The molecule has 5 nitrogen and oxygen atoms in total. The molecule has 0 spiro atoms. The maximum atomic E-state index is 13.8. The Labute approximate surface area is 206 Å². The van der Waals surface area contributed by atoms with Crippen LogP contribution in [0.1, 0.15) is 36.0 Å². The number of ether oxygens (including phenoxy) is 1. The van der Waals surface area contributed by atoms with Crippen molar-refractivity contribution in [3.8, 4) is 22.6 Å². The minimum Gasteiger partial charge on any atom is -0.508 e. The fourth-order valence-corrected chi connectivity index (χ4v) is 5.04. The molecule has 180 valence electrons. The summed E-state index contributed by atoms with van der Waals surface area (Å²) in [7, 11) is 0. The number of benzene rings is 3. The summed E-state index contributed by atoms with van der Waals surface area (Å²) in [5.74, 6) is 0.158. The number of ketones is 1. The van der Waals surface area contributed by atoms with E-state index in [-0.39, 0.29) is 23.4 Å². The molecule has 1 heterocycles. The Bertz CT molecular complexity index is 1290. The van der Waals surface area contributed by atoms with Crippen LogP contribution in [-0.2, 0) is 4.74 Å². The van der Waals surface area contributed by atoms with Crippen LogP contribution in [0.4, 0.5) is 0 Å². The predicted octanol–water partition coefficient (Wildman–Crippen LogP) is 5.86. The van der Waals surface area contributed by atoms with Gasteiger partial charge in [-0.25, -0.2) is 0 Å². The highest BCUT2D eigenvalue weighted by Gasteiger charge is 2.23. The van der Waals surface area contributed by atoms with Gasteiger partial charge < -0.3 is 19.8 Å². The molecule has 2 aliphatic rings. The lowest BCUT2D eigenvalue weighted by Crippen LogP contribution is -2.33. The number of Topliss-reactive ketones (excluding diaryl/α,β-unsaturated/α-hetero) is 1. The number of rotatable bonds is 7. The molecule has 0 radical (unpaired) electrons. The normalized spacial score (nSPS) is 18.5. The highest BCUT2D eigenvalue weighted by Crippen LogP contribution is 2.37. The molecule has 1 aliphatic carbocycles. The summed E-state index contributed by atoms with van der Waals surface area (Å²) in [6.45, 7) is 3.96. The molecule has 5 rings (SSSR count). The van der Waals surface area contributed by atoms with Crippen LogP contribution in [0.25, 0.3) is 21.9 Å². The number of fused-ring (bicyclic) bond motifs is 1. The Morgan fingerprint density at radius 1 is 0.971 bits per heavy atom. The zero-order valence-corrected chi connectivity index (χ0v) is 19.8. The minimum atomic E-state index is -0.109. The lowest BCUT2D eigenvalue weighted by atomic mass is 9.87. The number of hydrogen-bond acceptors (Lipinski definition) is 5. The van der Waals surface area contributed by atoms with E-state index < -0.39 is 0 Å². The van der Waals surface area contributed by atoms with Gasteiger partial charge in [0.2, 0.25) is 0 Å². The molecular formula is C30H31NO4. The Balaban J connectivity index is 1.38. The Hall–Kier alpha value is -3.41. The molecule has 3 aromatic carbocycles. The molecule has 1 fully saturated rings. The zero-order valence-electron chi connectivity index (χ0n) is 19.8. The molecule has 0 bridgehead atoms. The van der Waals surface area contributed by atoms with Crippen molar-refractivity contribution >= 4 is 16.6 Å². The van der Waals surface area contributed by atoms with Gasteiger partial charge in [-0.15, -0.1) is 0 Å². The van der Waals surface area contributed by atoms with Gasteiger partial charge in [-0.3, -0.25) is 4.79 Å². The van der Waals surface area contributed by atoms with Crippen LogP contribution >= 0.6 is 0 Å². The number of allylic oxidation sites excluding steroid dienone is 2. The summed E-state index contributed by atoms with van der Waals surface area (Å²) in [6.07, 6.45) is 10.3. The van der Waals surface area contributed by atoms with Gasteiger partial charge in [-0.1, -0.05) is 55.0 Å². The molecule has 3 aromatic rings. The maximum absolute atomic E-state index is 13.8. The first-order chi connectivity index (χ1) is 17.1. The lowest BCUT2D eigenvalue weighted by Gasteiger charge is -2.27. The molecule has 0 aromatic heterocycles. The monoisotopic (exact) mass is 469 g/mol. The van der Waals surface area contributed by atoms with Gasteiger partial charge in [0, 0.05) is 23.2 Å². The standard InChI is InChI=1S/C30H31NO4/c32-23-11-15-25-22(20-23)10-14-27(26-6-2-3-7-28(26)33)29(25)30(34)21-8-12-24(13-9-21)35-19-18-31-16-4-1-5-17-31/h2-3,6-12,14-15,20,24,32-33H,1,4-5,13,16-19H2. The summed E-state index contributed by atoms with van der Waals surface area (Å²) in [5.41, 5.74) is 2.40. The zero-order chi connectivity index (χ0) is 24.2. The first-order valence-corrected chi connectivity index (χ1v) is 12.4. The molecule has 0 saturated carbocycles. The predicted molar refractivity (Wildman–Crippen MR) is 139 cm³/mol. The number of phenolic OH excluding ortho intramolecular Hbond substituents is 2. The fourth-order valence-electron chi connectivity index (χ4n) is 5.04. The highest BCUT2D eigenvalue weighted by atomic mass is 16.5. The van der Waals surface area contributed by atoms with Crippen LogP contribution in [0.5, 0.6) is 11.5 Å². The third-order valence-corrected chi connectivity index (χ3v) is 6.94. The number of phenols is 2. The second-order valence-electron chi connectivity index (χ2n) is 9.31. The largest absolute Gasteiger partial charge is 0.508 e. The van der Waals surface area contributed by atoms with Crippen molar-refractivity contribution in [2.45, 2.75) is 31.8 Å². The molecule has 0 amide bonds. The number of carbonyl (C=O) groups is 1. The van der Waals surface area contributed by atoms with Crippen LogP contribution < -0.4 is 0 Å². The molecule has 1 unspecified atom stereocenters. The molecule has 2 N–H and O–H groups in total. The lowest BCUT2D eigenvalue weighted by molar-refractivity contribution is 0.0609. The minimum absolute atomic E-state index is 0.0292. The van der Waals surface area contributed by atoms with Crippen LogP contribution in [0.15, 0.2) is 78.4 Å². The van der Waals surface area contributed by atoms with E-state index in [1.807, 2.05) is 42.5 Å². The van der Waals surface area contributed by atoms with E-state index in [0.717, 1.165) is 30.4 Å². The average Bonchev–Trinajstić information content (AvgIpc) is 2.89. The highest BCUT2D eigenvalue weighted by molar-refractivity contribution is 6.21. The van der Waals surface area contributed by atoms with Crippen LogP contribution in [0.2, 0.25) is 0 Å². The van der Waals surface area contributed by atoms with Crippen LogP contribution in [0, 0.1) is 0 Å². The van der Waals surface area contributed by atoms with Gasteiger partial charge in [0.15, 0.2) is 5.78 Å². The van der Waals surface area contributed by atoms with E-state index in [2.05, 4.69) is 4.90 Å². The van der Waals surface area contributed by atoms with Crippen molar-refractivity contribution in [1.29, 1.82) is 0 Å². The van der Waals surface area contributed by atoms with E-state index >= 15 is 0 Å². The van der Waals surface area contributed by atoms with Crippen LogP contribution in [-0.4, -0.2) is 53.2 Å². The van der Waals surface area contributed by atoms with Gasteiger partial charge in [-0.2, -0.15) is 0 Å². The summed E-state index contributed by atoms with van der Waals surface area (Å²) in [6, 6.07) is 15.7. The average molecular weight is 470 g/mol. The first kappa shape index (κ1) is 23.3. The Morgan fingerprint density at radius 3 is 2.57 bits per heavy atom. The Morgan fingerprint density at radius 2 is 1.80 bits per heavy atom. The third-order valence-electron chi connectivity index (χ3n) is 6.94. The number of nitrogens with zero attached hydrogens (tertiary/aromatic N) is 1. The number of carbonyl (C=O) groups excluding carboxylic acids is 1. The van der Waals surface area contributed by atoms with Crippen molar-refractivity contribution in [3.05, 3.63) is 84.0 Å². The van der Waals surface area contributed by atoms with E-state index in [1.165, 1.54) is 19.3 Å². The van der Waals surface area contributed by atoms with E-state index in [0.29, 0.717) is 35.3 Å². The number of piperidine rings is 1. The number of hydrogen-bond donors (Lipinski definition) is 2. The summed E-state index contributed by atoms with van der Waals surface area (Å²) in [5, 5.41) is 22.0. The molecule has 35 heavy (non-hydrogen) atoms. The molecule has 1 aliphatic heterocycles. The number of aromatic hydroxyl groups is 2. The smallest absolute Gasteiger partial charge is 0.193 e. The van der Waals surface area contributed by atoms with Crippen LogP contribution in [0.3, 0.4) is 0 Å².